The molecule has 7 nitrogen and oxygen atoms in total. The van der Waals surface area contributed by atoms with Gasteiger partial charge in [0, 0.05) is 27.5 Å². The lowest BCUT2D eigenvalue weighted by Crippen LogP contribution is -2.28. The fourth-order valence-electron chi connectivity index (χ4n) is 3.24. The number of thiazole rings is 1. The van der Waals surface area contributed by atoms with E-state index in [1.165, 1.54) is 5.57 Å². The normalized spacial score (nSPS) is 14.5. The summed E-state index contributed by atoms with van der Waals surface area (Å²) in [6, 6.07) is 7.87. The van der Waals surface area contributed by atoms with Gasteiger partial charge in [-0.3, -0.25) is 0 Å². The quantitative estimate of drug-likeness (QED) is 0.561. The topological polar surface area (TPSA) is 96.6 Å². The fourth-order valence-corrected chi connectivity index (χ4v) is 3.92. The van der Waals surface area contributed by atoms with Gasteiger partial charge in [0.2, 0.25) is 0 Å². The first-order valence-corrected chi connectivity index (χ1v) is 9.57. The number of benzene rings is 1. The minimum atomic E-state index is 0. The van der Waals surface area contributed by atoms with E-state index in [-0.39, 0.29) is 2.85 Å². The molecule has 27 heavy (non-hydrogen) atoms. The van der Waals surface area contributed by atoms with E-state index in [9.17, 15) is 0 Å². The van der Waals surface area contributed by atoms with E-state index < -0.39 is 0 Å². The van der Waals surface area contributed by atoms with Crippen molar-refractivity contribution in [3.8, 4) is 11.5 Å². The van der Waals surface area contributed by atoms with Crippen LogP contribution in [0.4, 0.5) is 10.9 Å². The summed E-state index contributed by atoms with van der Waals surface area (Å²) in [6.45, 7) is 1.72. The van der Waals surface area contributed by atoms with E-state index in [2.05, 4.69) is 30.9 Å². The molecule has 0 fully saturated rings. The second-order valence-corrected chi connectivity index (χ2v) is 7.20. The summed E-state index contributed by atoms with van der Waals surface area (Å²) in [5.74, 6) is 1.02. The first-order valence-electron chi connectivity index (χ1n) is 8.69. The number of anilines is 2. The number of nitrogens with one attached hydrogen (secondary N) is 1. The number of fused-ring (bicyclic) bond motifs is 1. The van der Waals surface area contributed by atoms with Crippen molar-refractivity contribution in [2.24, 2.45) is 0 Å². The average molecular weight is 379 g/mol. The van der Waals surface area contributed by atoms with E-state index in [1.807, 2.05) is 35.8 Å². The number of nitrogens with two attached hydrogens (primary N) is 1. The molecule has 1 aliphatic heterocycles. The minimum Gasteiger partial charge on any atom is -0.382 e. The Bertz CT molecular complexity index is 1110. The van der Waals surface area contributed by atoms with Crippen molar-refractivity contribution in [2.45, 2.75) is 6.42 Å². The number of nitrogens with zero attached hydrogens (tertiary/aromatic N) is 5. The van der Waals surface area contributed by atoms with E-state index in [1.54, 1.807) is 17.5 Å². The summed E-state index contributed by atoms with van der Waals surface area (Å²) in [5.41, 5.74) is 10.5. The highest BCUT2D eigenvalue weighted by molar-refractivity contribution is 7.13. The van der Waals surface area contributed by atoms with Crippen molar-refractivity contribution in [1.29, 1.82) is 0 Å². The predicted molar refractivity (Wildman–Crippen MR) is 113 cm³/mol. The molecule has 0 unspecified atom stereocenters. The number of nitrogen functional groups attached to an aromatic ring is 1. The van der Waals surface area contributed by atoms with E-state index in [0.717, 1.165) is 41.4 Å². The van der Waals surface area contributed by atoms with Crippen LogP contribution < -0.4 is 10.6 Å². The van der Waals surface area contributed by atoms with Gasteiger partial charge < -0.3 is 15.6 Å². The van der Waals surface area contributed by atoms with Crippen molar-refractivity contribution in [1.82, 2.24) is 24.9 Å². The molecule has 0 aliphatic carbocycles. The highest BCUT2D eigenvalue weighted by atomic mass is 32.1. The fraction of sp³-hybridized carbons (Fsp3) is 0.158. The van der Waals surface area contributed by atoms with Gasteiger partial charge in [-0.05, 0) is 24.1 Å². The van der Waals surface area contributed by atoms with Crippen molar-refractivity contribution in [3.05, 3.63) is 53.8 Å². The molecule has 1 aliphatic rings. The summed E-state index contributed by atoms with van der Waals surface area (Å²) in [7, 11) is 0. The van der Waals surface area contributed by atoms with Crippen molar-refractivity contribution < 1.29 is 2.85 Å². The van der Waals surface area contributed by atoms with Crippen LogP contribution in [-0.2, 0) is 0 Å². The molecule has 3 aromatic heterocycles. The third-order valence-corrected chi connectivity index (χ3v) is 5.47. The molecule has 8 heteroatoms. The molecule has 0 bridgehead atoms. The van der Waals surface area contributed by atoms with Crippen LogP contribution in [0.25, 0.3) is 28.1 Å². The van der Waals surface area contributed by atoms with Crippen LogP contribution in [0.2, 0.25) is 0 Å². The first-order chi connectivity index (χ1) is 13.3. The highest BCUT2D eigenvalue weighted by Gasteiger charge is 2.18. The van der Waals surface area contributed by atoms with Crippen molar-refractivity contribution in [3.63, 3.8) is 0 Å². The third kappa shape index (κ3) is 2.93. The zero-order valence-electron chi connectivity index (χ0n) is 14.5. The largest absolute Gasteiger partial charge is 0.382 e. The molecular weight excluding hydrogens is 358 g/mol. The zero-order chi connectivity index (χ0) is 18.2. The van der Waals surface area contributed by atoms with Crippen LogP contribution in [0.5, 0.6) is 0 Å². The molecule has 4 aromatic rings. The molecule has 0 radical (unpaired) electrons. The standard InChI is InChI=1S/C19H17N7S.2H2/c20-17-16(18-24-13-3-1-2-4-14(13)25-18)23-15(11-22-17)12-5-8-26(9-6-12)19-21-7-10-27-19;;/h1-5,7,10-11H,6,8-9H2,(H2,20,22)(H,24,25);2*1H. The van der Waals surface area contributed by atoms with Gasteiger partial charge in [0.1, 0.15) is 5.69 Å². The molecule has 5 rings (SSSR count). The van der Waals surface area contributed by atoms with Crippen LogP contribution in [-0.4, -0.2) is 38.0 Å². The Labute approximate surface area is 162 Å². The van der Waals surface area contributed by atoms with Crippen molar-refractivity contribution in [2.75, 3.05) is 23.7 Å². The Hall–Kier alpha value is -3.26. The highest BCUT2D eigenvalue weighted by Crippen LogP contribution is 2.28. The third-order valence-electron chi connectivity index (χ3n) is 4.64. The molecule has 0 spiro atoms. The maximum atomic E-state index is 6.09. The first kappa shape index (κ1) is 16.0. The SMILES string of the molecule is Nc1ncc(C2=CCN(c3nccs3)CC2)nc1-c1nc2ccccc2[nH]1.[HH].[HH]. The molecule has 1 aromatic carbocycles. The summed E-state index contributed by atoms with van der Waals surface area (Å²) in [6.07, 6.45) is 6.65. The Kier molecular flexibility index (Phi) is 3.83. The Morgan fingerprint density at radius 3 is 2.89 bits per heavy atom. The molecular formula is C19H21N7S. The molecule has 0 amide bonds. The van der Waals surface area contributed by atoms with Gasteiger partial charge in [-0.25, -0.2) is 19.9 Å². The smallest absolute Gasteiger partial charge is 0.185 e. The molecule has 4 heterocycles. The average Bonchev–Trinajstić information content (AvgIpc) is 3.38. The molecule has 0 saturated carbocycles. The Balaban J connectivity index is 0.00000120. The second kappa shape index (κ2) is 6.48. The molecule has 138 valence electrons. The number of hydrogen-bond donors (Lipinski definition) is 2. The lowest BCUT2D eigenvalue weighted by Gasteiger charge is -2.25. The Morgan fingerprint density at radius 1 is 1.19 bits per heavy atom. The van der Waals surface area contributed by atoms with E-state index in [4.69, 9.17) is 10.7 Å². The Morgan fingerprint density at radius 2 is 2.11 bits per heavy atom. The van der Waals surface area contributed by atoms with Gasteiger partial charge in [0.15, 0.2) is 16.8 Å². The zero-order valence-corrected chi connectivity index (χ0v) is 15.3. The summed E-state index contributed by atoms with van der Waals surface area (Å²) >= 11 is 1.66. The number of imidazole rings is 1. The summed E-state index contributed by atoms with van der Waals surface area (Å²) in [4.78, 5) is 23.7. The maximum Gasteiger partial charge on any atom is 0.185 e. The maximum absolute atomic E-state index is 6.09. The van der Waals surface area contributed by atoms with Crippen LogP contribution in [0.3, 0.4) is 0 Å². The van der Waals surface area contributed by atoms with Crippen molar-refractivity contribution >= 4 is 38.9 Å². The molecule has 0 atom stereocenters. The predicted octanol–water partition coefficient (Wildman–Crippen LogP) is 3.84. The lowest BCUT2D eigenvalue weighted by molar-refractivity contribution is 0.824. The lowest BCUT2D eigenvalue weighted by atomic mass is 10.1. The van der Waals surface area contributed by atoms with E-state index in [0.29, 0.717) is 17.3 Å². The number of rotatable bonds is 3. The van der Waals surface area contributed by atoms with E-state index >= 15 is 0 Å². The molecule has 3 N–H and O–H groups in total. The van der Waals surface area contributed by atoms with Gasteiger partial charge in [0.05, 0.1) is 22.9 Å². The van der Waals surface area contributed by atoms with Crippen LogP contribution >= 0.6 is 11.3 Å². The summed E-state index contributed by atoms with van der Waals surface area (Å²) in [5, 5.41) is 3.05. The summed E-state index contributed by atoms with van der Waals surface area (Å²) < 4.78 is 0. The van der Waals surface area contributed by atoms with Gasteiger partial charge in [-0.2, -0.15) is 0 Å². The van der Waals surface area contributed by atoms with Crippen LogP contribution in [0.1, 0.15) is 15.0 Å². The number of hydrogen-bond acceptors (Lipinski definition) is 7. The van der Waals surface area contributed by atoms with Gasteiger partial charge >= 0.3 is 0 Å². The number of para-hydroxylation sites is 2. The number of aromatic nitrogens is 5. The van der Waals surface area contributed by atoms with Gasteiger partial charge in [0.25, 0.3) is 0 Å². The van der Waals surface area contributed by atoms with Gasteiger partial charge in [-0.15, -0.1) is 11.3 Å². The minimum absolute atomic E-state index is 0. The van der Waals surface area contributed by atoms with Crippen LogP contribution in [0.15, 0.2) is 48.1 Å². The number of H-pyrrole nitrogens is 1. The molecule has 0 saturated heterocycles. The number of aromatic amines is 1. The van der Waals surface area contributed by atoms with Gasteiger partial charge in [-0.1, -0.05) is 18.2 Å². The van der Waals surface area contributed by atoms with Crippen LogP contribution in [0, 0.1) is 0 Å². The monoisotopic (exact) mass is 379 g/mol. The second-order valence-electron chi connectivity index (χ2n) is 6.33.